The first-order chi connectivity index (χ1) is 54.4. The number of rotatable bonds is 39. The van der Waals surface area contributed by atoms with Crippen LogP contribution in [0.5, 0.6) is 0 Å². The first-order valence-corrected chi connectivity index (χ1v) is 49.2. The maximum Gasteiger partial charge on any atom is 0.407 e. The number of allylic oxidation sites excluding steroid dienone is 4. The first kappa shape index (κ1) is 89.7. The number of ether oxygens (including phenoxy) is 2. The molecule has 23 unspecified atom stereocenters. The van der Waals surface area contributed by atoms with Crippen molar-refractivity contribution in [1.82, 2.24) is 31.1 Å². The minimum absolute atomic E-state index is 0.00267. The maximum absolute atomic E-state index is 14.0. The van der Waals surface area contributed by atoms with E-state index in [-0.39, 0.29) is 52.5 Å². The molecule has 12 rings (SSSR count). The van der Waals surface area contributed by atoms with E-state index in [0.29, 0.717) is 54.8 Å². The van der Waals surface area contributed by atoms with Gasteiger partial charge in [0.25, 0.3) is 0 Å². The zero-order valence-corrected chi connectivity index (χ0v) is 76.0. The van der Waals surface area contributed by atoms with Gasteiger partial charge in [0.15, 0.2) is 5.96 Å². The van der Waals surface area contributed by atoms with Crippen LogP contribution in [0.2, 0.25) is 0 Å². The summed E-state index contributed by atoms with van der Waals surface area (Å²) < 4.78 is 12.6. The molecule has 0 radical (unpaired) electrons. The highest BCUT2D eigenvalue weighted by Gasteiger charge is 2.63. The summed E-state index contributed by atoms with van der Waals surface area (Å²) in [6, 6.07) is 0. The van der Waals surface area contributed by atoms with Gasteiger partial charge in [0.2, 0.25) is 5.91 Å². The van der Waals surface area contributed by atoms with Crippen molar-refractivity contribution in [2.24, 2.45) is 151 Å². The van der Waals surface area contributed by atoms with Crippen LogP contribution in [-0.2, 0) is 14.3 Å². The standard InChI is InChI=1S/C101H174N8O5/c1-68(2)24-16-27-71(7)83-36-39-86-80-33-30-75-64-74(42-48-96(75,10)89(80)45-51-99(83,86)13)65-92(110)104-54-19-58-108(60-21-56-106-94(111)113-78-43-49-97(11)76(66-78)31-34-81-87-40-37-84(72(8)28-17-25-69(3)4)100(87,14)52-46-90(81)97)62-23-63-109(59-20-55-105-93(102)103)61-22-57-107-95(112)114-79-44-50-98(12)77(67-79)32-35-82-88-41-38-85(73(9)29-18-26-70(5)6)101(88,15)53-47-91(82)98/h30-32,68-74,78-91H,16-29,33-67H2,1-15H3,(H,104,110)(H,106,111)(H,107,112)(H4,102,103,105)/t71?,72?,73?,74-,78?,79?,80?,81?,82?,83?,84?,85?,86?,87?,88?,89?,90?,91?,96?,97?,98?,99?,100?,101?/m1/s1. The second kappa shape index (κ2) is 39.5. The van der Waals surface area contributed by atoms with Crippen molar-refractivity contribution in [1.29, 1.82) is 5.41 Å². The SMILES string of the molecule is CC(C)CCCC(C)C1CCC2C3CC=C4CC(OC(=O)NCCCN(CCCNC(=N)N)CCCN(CCCNC(=O)C[C@@H]5CCC6(C)C(=CCC7C6CCC6(C)C(C(C)CCCC(C)C)CCC76)C5)CCCNC(=O)OC5CCC6(C)C(=CCC7C6CCC6(C)C(C(C)CCCC(C)C)CCC76)C5)CCC4(C)C3CCC12C. The van der Waals surface area contributed by atoms with E-state index in [9.17, 15) is 14.4 Å². The third kappa shape index (κ3) is 20.6. The quantitative estimate of drug-likeness (QED) is 0.0152. The smallest absolute Gasteiger partial charge is 0.407 e. The summed E-state index contributed by atoms with van der Waals surface area (Å²) in [6.07, 6.45) is 54.3. The fourth-order valence-electron chi connectivity index (χ4n) is 30.4. The van der Waals surface area contributed by atoms with E-state index in [2.05, 4.69) is 153 Å². The van der Waals surface area contributed by atoms with Gasteiger partial charge >= 0.3 is 12.2 Å². The molecule has 0 aromatic heterocycles. The lowest BCUT2D eigenvalue weighted by Crippen LogP contribution is -2.51. The Morgan fingerprint density at radius 1 is 0.404 bits per heavy atom. The second-order valence-corrected chi connectivity index (χ2v) is 44.7. The molecule has 0 aromatic rings. The van der Waals surface area contributed by atoms with Crippen LogP contribution >= 0.6 is 0 Å². The number of amides is 3. The Balaban J connectivity index is 0.609. The van der Waals surface area contributed by atoms with Gasteiger partial charge in [-0.25, -0.2) is 9.59 Å². The molecule has 0 spiro atoms. The third-order valence-electron chi connectivity index (χ3n) is 36.7. The molecule has 9 fully saturated rings. The summed E-state index contributed by atoms with van der Waals surface area (Å²) >= 11 is 0. The lowest BCUT2D eigenvalue weighted by Gasteiger charge is -2.58. The summed E-state index contributed by atoms with van der Waals surface area (Å²) in [5, 5.41) is 20.7. The molecule has 12 aliphatic rings. The first-order valence-electron chi connectivity index (χ1n) is 49.2. The average molecular weight is 1580 g/mol. The van der Waals surface area contributed by atoms with Crippen molar-refractivity contribution in [2.75, 3.05) is 65.4 Å². The summed E-state index contributed by atoms with van der Waals surface area (Å²) in [5.41, 5.74) is 12.7. The summed E-state index contributed by atoms with van der Waals surface area (Å²) in [7, 11) is 0. The molecule has 0 aliphatic heterocycles. The Kier molecular flexibility index (Phi) is 31.1. The van der Waals surface area contributed by atoms with Crippen LogP contribution in [-0.4, -0.2) is 112 Å². The van der Waals surface area contributed by atoms with E-state index in [0.717, 1.165) is 229 Å². The fourth-order valence-corrected chi connectivity index (χ4v) is 30.4. The van der Waals surface area contributed by atoms with E-state index >= 15 is 0 Å². The molecule has 0 aromatic carbocycles. The van der Waals surface area contributed by atoms with E-state index < -0.39 is 0 Å². The maximum atomic E-state index is 14.0. The topological polar surface area (TPSA) is 174 Å². The highest BCUT2D eigenvalue weighted by Crippen LogP contribution is 2.71. The molecule has 13 nitrogen and oxygen atoms in total. The number of carbonyl (C=O) groups is 3. The number of nitrogens with zero attached hydrogens (tertiary/aromatic N) is 2. The number of nitrogens with one attached hydrogen (secondary N) is 5. The largest absolute Gasteiger partial charge is 0.446 e. The zero-order chi connectivity index (χ0) is 81.3. The number of hydrogen-bond donors (Lipinski definition) is 6. The van der Waals surface area contributed by atoms with Gasteiger partial charge in [-0.2, -0.15) is 0 Å². The van der Waals surface area contributed by atoms with E-state index in [1.165, 1.54) is 161 Å². The molecule has 648 valence electrons. The predicted octanol–water partition coefficient (Wildman–Crippen LogP) is 23.5. The minimum atomic E-state index is -0.284. The fraction of sp³-hybridized carbons (Fsp3) is 0.901. The van der Waals surface area contributed by atoms with Crippen molar-refractivity contribution >= 4 is 24.1 Å². The zero-order valence-electron chi connectivity index (χ0n) is 76.0. The molecule has 0 bridgehead atoms. The summed E-state index contributed by atoms with van der Waals surface area (Å²) in [5.74, 6) is 15.3. The molecule has 0 saturated heterocycles. The second-order valence-electron chi connectivity index (χ2n) is 44.7. The van der Waals surface area contributed by atoms with Crippen LogP contribution in [0.1, 0.15) is 354 Å². The number of nitrogens with two attached hydrogens (primary N) is 1. The summed E-state index contributed by atoms with van der Waals surface area (Å²) in [6.45, 7) is 45.5. The van der Waals surface area contributed by atoms with Gasteiger partial charge in [-0.1, -0.05) is 197 Å². The van der Waals surface area contributed by atoms with Crippen molar-refractivity contribution in [3.63, 3.8) is 0 Å². The Morgan fingerprint density at radius 3 is 1.10 bits per heavy atom. The van der Waals surface area contributed by atoms with Gasteiger partial charge in [-0.15, -0.1) is 0 Å². The minimum Gasteiger partial charge on any atom is -0.446 e. The van der Waals surface area contributed by atoms with Crippen LogP contribution < -0.4 is 27.0 Å². The lowest BCUT2D eigenvalue weighted by molar-refractivity contribution is -0.122. The van der Waals surface area contributed by atoms with Gasteiger partial charge in [-0.05, 0) is 358 Å². The average Bonchev–Trinajstić information content (AvgIpc) is 1.49. The van der Waals surface area contributed by atoms with Crippen LogP contribution in [0.4, 0.5) is 9.59 Å². The van der Waals surface area contributed by atoms with Gasteiger partial charge < -0.3 is 46.3 Å². The Labute approximate surface area is 698 Å². The van der Waals surface area contributed by atoms with Gasteiger partial charge in [0.05, 0.1) is 0 Å². The normalized spacial score (nSPS) is 37.5. The summed E-state index contributed by atoms with van der Waals surface area (Å²) in [4.78, 5) is 46.5. The monoisotopic (exact) mass is 1580 g/mol. The number of fused-ring (bicyclic) bond motifs is 15. The predicted molar refractivity (Wildman–Crippen MR) is 473 cm³/mol. The molecule has 9 saturated carbocycles. The van der Waals surface area contributed by atoms with Crippen LogP contribution in [0.25, 0.3) is 0 Å². The molecule has 12 aliphatic carbocycles. The van der Waals surface area contributed by atoms with Crippen molar-refractivity contribution in [3.05, 3.63) is 34.9 Å². The number of hydrogen-bond acceptors (Lipinski definition) is 8. The molecular weight excluding hydrogens is 1410 g/mol. The van der Waals surface area contributed by atoms with E-state index in [1.54, 1.807) is 16.7 Å². The van der Waals surface area contributed by atoms with Crippen LogP contribution in [0.3, 0.4) is 0 Å². The van der Waals surface area contributed by atoms with Crippen molar-refractivity contribution < 1.29 is 23.9 Å². The number of carbonyl (C=O) groups excluding carboxylic acids is 3. The lowest BCUT2D eigenvalue weighted by atomic mass is 9.46. The van der Waals surface area contributed by atoms with Crippen LogP contribution in [0.15, 0.2) is 34.9 Å². The number of guanidine groups is 1. The molecular formula is C101H174N8O5. The Hall–Kier alpha value is -3.58. The van der Waals surface area contributed by atoms with Gasteiger partial charge in [0, 0.05) is 45.4 Å². The molecule has 114 heavy (non-hydrogen) atoms. The Bertz CT molecular complexity index is 3110. The van der Waals surface area contributed by atoms with Crippen LogP contribution in [0, 0.1) is 150 Å². The van der Waals surface area contributed by atoms with Crippen molar-refractivity contribution in [2.45, 2.75) is 366 Å². The number of alkyl carbamates (subject to hydrolysis) is 2. The van der Waals surface area contributed by atoms with E-state index in [4.69, 9.17) is 20.6 Å². The van der Waals surface area contributed by atoms with Gasteiger partial charge in [-0.3, -0.25) is 10.2 Å². The van der Waals surface area contributed by atoms with Crippen molar-refractivity contribution in [3.8, 4) is 0 Å². The molecule has 24 atom stereocenters. The highest BCUT2D eigenvalue weighted by atomic mass is 16.6. The van der Waals surface area contributed by atoms with Gasteiger partial charge in [0.1, 0.15) is 12.2 Å². The third-order valence-corrected chi connectivity index (χ3v) is 36.7. The molecule has 3 amide bonds. The molecule has 0 heterocycles. The van der Waals surface area contributed by atoms with E-state index in [1.807, 2.05) is 0 Å². The molecule has 7 N–H and O–H groups in total. The Morgan fingerprint density at radius 2 is 0.737 bits per heavy atom. The highest BCUT2D eigenvalue weighted by molar-refractivity contribution is 5.76. The molecule has 13 heteroatoms.